The molecular weight excluding hydrogens is 216 g/mol. The minimum absolute atomic E-state index is 1.02. The molecule has 1 aromatic heterocycles. The second kappa shape index (κ2) is 4.94. The molecule has 16 heavy (non-hydrogen) atoms. The van der Waals surface area contributed by atoms with Crippen LogP contribution in [-0.2, 0) is 0 Å². The summed E-state index contributed by atoms with van der Waals surface area (Å²) in [4.78, 5) is 1.19. The lowest BCUT2D eigenvalue weighted by molar-refractivity contribution is 1.33. The normalized spacial score (nSPS) is 10.9. The fraction of sp³-hybridized carbons (Fsp3) is 0.154. The van der Waals surface area contributed by atoms with Gasteiger partial charge < -0.3 is 0 Å². The molecule has 2 aromatic rings. The predicted molar refractivity (Wildman–Crippen MR) is 71.5 cm³/mol. The molecule has 2 rings (SSSR count). The summed E-state index contributed by atoms with van der Waals surface area (Å²) >= 11 is 1.70. The molecule has 1 heterocycles. The zero-order valence-electron chi connectivity index (χ0n) is 9.40. The third-order valence-electron chi connectivity index (χ3n) is 2.30. The van der Waals surface area contributed by atoms with Crippen molar-refractivity contribution in [1.29, 1.82) is 0 Å². The zero-order chi connectivity index (χ0) is 11.4. The van der Waals surface area contributed by atoms with Gasteiger partial charge in [-0.3, -0.25) is 5.43 Å². The number of hydrogen-bond acceptors (Lipinski definition) is 3. The van der Waals surface area contributed by atoms with Gasteiger partial charge in [0.15, 0.2) is 0 Å². The van der Waals surface area contributed by atoms with Crippen molar-refractivity contribution >= 4 is 23.2 Å². The van der Waals surface area contributed by atoms with Gasteiger partial charge in [0.05, 0.1) is 11.9 Å². The SMILES string of the molecule is Cc1cccc(N/N=C\c2sccc2C)c1. The number of benzene rings is 1. The lowest BCUT2D eigenvalue weighted by atomic mass is 10.2. The highest BCUT2D eigenvalue weighted by molar-refractivity contribution is 7.11. The van der Waals surface area contributed by atoms with Gasteiger partial charge in [-0.25, -0.2) is 0 Å². The first-order valence-electron chi connectivity index (χ1n) is 5.15. The van der Waals surface area contributed by atoms with Crippen LogP contribution in [0.3, 0.4) is 0 Å². The molecule has 0 aliphatic carbocycles. The second-order valence-corrected chi connectivity index (χ2v) is 4.66. The fourth-order valence-electron chi connectivity index (χ4n) is 1.40. The van der Waals surface area contributed by atoms with Crippen LogP contribution >= 0.6 is 11.3 Å². The highest BCUT2D eigenvalue weighted by atomic mass is 32.1. The van der Waals surface area contributed by atoms with Crippen LogP contribution in [0.1, 0.15) is 16.0 Å². The Morgan fingerprint density at radius 3 is 2.81 bits per heavy atom. The molecule has 0 atom stereocenters. The molecule has 3 heteroatoms. The van der Waals surface area contributed by atoms with Crippen LogP contribution in [0.15, 0.2) is 40.8 Å². The molecule has 0 fully saturated rings. The Labute approximate surface area is 99.6 Å². The molecule has 0 saturated carbocycles. The van der Waals surface area contributed by atoms with Crippen LogP contribution in [0, 0.1) is 13.8 Å². The maximum atomic E-state index is 4.22. The monoisotopic (exact) mass is 230 g/mol. The molecule has 0 unspecified atom stereocenters. The van der Waals surface area contributed by atoms with Crippen LogP contribution in [0.2, 0.25) is 0 Å². The standard InChI is InChI=1S/C13H14N2S/c1-10-4-3-5-12(8-10)15-14-9-13-11(2)6-7-16-13/h3-9,15H,1-2H3/b14-9-. The number of hydrazone groups is 1. The highest BCUT2D eigenvalue weighted by Crippen LogP contribution is 2.13. The Morgan fingerprint density at radius 1 is 1.25 bits per heavy atom. The maximum absolute atomic E-state index is 4.22. The van der Waals surface area contributed by atoms with Crippen LogP contribution in [0.5, 0.6) is 0 Å². The fourth-order valence-corrected chi connectivity index (χ4v) is 2.18. The summed E-state index contributed by atoms with van der Waals surface area (Å²) in [5.74, 6) is 0. The van der Waals surface area contributed by atoms with Crippen molar-refractivity contribution in [3.8, 4) is 0 Å². The van der Waals surface area contributed by atoms with E-state index in [0.717, 1.165) is 5.69 Å². The van der Waals surface area contributed by atoms with E-state index in [1.54, 1.807) is 11.3 Å². The van der Waals surface area contributed by atoms with Crippen LogP contribution in [0.25, 0.3) is 0 Å². The van der Waals surface area contributed by atoms with E-state index < -0.39 is 0 Å². The van der Waals surface area contributed by atoms with E-state index in [2.05, 4.69) is 48.0 Å². The van der Waals surface area contributed by atoms with E-state index in [4.69, 9.17) is 0 Å². The van der Waals surface area contributed by atoms with Crippen molar-refractivity contribution in [1.82, 2.24) is 0 Å². The van der Waals surface area contributed by atoms with Gasteiger partial charge in [-0.05, 0) is 48.6 Å². The number of nitrogens with one attached hydrogen (secondary N) is 1. The quantitative estimate of drug-likeness (QED) is 0.629. The Hall–Kier alpha value is -1.61. The summed E-state index contributed by atoms with van der Waals surface area (Å²) in [7, 11) is 0. The Kier molecular flexibility index (Phi) is 3.37. The summed E-state index contributed by atoms with van der Waals surface area (Å²) in [5, 5.41) is 6.29. The lowest BCUT2D eigenvalue weighted by Gasteiger charge is -2.00. The van der Waals surface area contributed by atoms with Crippen LogP contribution in [-0.4, -0.2) is 6.21 Å². The van der Waals surface area contributed by atoms with Crippen molar-refractivity contribution in [2.24, 2.45) is 5.10 Å². The van der Waals surface area contributed by atoms with Gasteiger partial charge in [0.2, 0.25) is 0 Å². The Morgan fingerprint density at radius 2 is 2.12 bits per heavy atom. The van der Waals surface area contributed by atoms with Gasteiger partial charge >= 0.3 is 0 Å². The molecule has 1 aromatic carbocycles. The third kappa shape index (κ3) is 2.70. The van der Waals surface area contributed by atoms with Gasteiger partial charge in [-0.2, -0.15) is 5.10 Å². The van der Waals surface area contributed by atoms with Crippen molar-refractivity contribution < 1.29 is 0 Å². The van der Waals surface area contributed by atoms with Crippen LogP contribution in [0.4, 0.5) is 5.69 Å². The molecule has 1 N–H and O–H groups in total. The van der Waals surface area contributed by atoms with Crippen molar-refractivity contribution in [3.05, 3.63) is 51.7 Å². The van der Waals surface area contributed by atoms with Gasteiger partial charge in [-0.15, -0.1) is 11.3 Å². The van der Waals surface area contributed by atoms with Crippen molar-refractivity contribution in [2.75, 3.05) is 5.43 Å². The second-order valence-electron chi connectivity index (χ2n) is 3.71. The Balaban J connectivity index is 2.02. The maximum Gasteiger partial charge on any atom is 0.0647 e. The van der Waals surface area contributed by atoms with Gasteiger partial charge in [-0.1, -0.05) is 12.1 Å². The number of thiophene rings is 1. The molecule has 0 aliphatic heterocycles. The predicted octanol–water partition coefficient (Wildman–Crippen LogP) is 3.81. The van der Waals surface area contributed by atoms with E-state index in [0.29, 0.717) is 0 Å². The van der Waals surface area contributed by atoms with E-state index >= 15 is 0 Å². The average Bonchev–Trinajstić information content (AvgIpc) is 2.65. The smallest absolute Gasteiger partial charge is 0.0647 e. The molecule has 82 valence electrons. The van der Waals surface area contributed by atoms with Crippen molar-refractivity contribution in [2.45, 2.75) is 13.8 Å². The van der Waals surface area contributed by atoms with Crippen molar-refractivity contribution in [3.63, 3.8) is 0 Å². The summed E-state index contributed by atoms with van der Waals surface area (Å²) in [6.45, 7) is 4.16. The largest absolute Gasteiger partial charge is 0.278 e. The minimum atomic E-state index is 1.02. The highest BCUT2D eigenvalue weighted by Gasteiger charge is 1.94. The Bertz CT molecular complexity index is 500. The number of hydrogen-bond donors (Lipinski definition) is 1. The van der Waals surface area contributed by atoms with Gasteiger partial charge in [0, 0.05) is 4.88 Å². The molecule has 0 spiro atoms. The molecular formula is C13H14N2S. The molecule has 0 bridgehead atoms. The molecule has 0 radical (unpaired) electrons. The first kappa shape index (κ1) is 10.9. The average molecular weight is 230 g/mol. The van der Waals surface area contributed by atoms with E-state index in [1.165, 1.54) is 16.0 Å². The molecule has 0 saturated heterocycles. The van der Waals surface area contributed by atoms with Gasteiger partial charge in [0.25, 0.3) is 0 Å². The van der Waals surface area contributed by atoms with E-state index in [1.807, 2.05) is 18.3 Å². The topological polar surface area (TPSA) is 24.4 Å². The number of rotatable bonds is 3. The van der Waals surface area contributed by atoms with Gasteiger partial charge in [0.1, 0.15) is 0 Å². The van der Waals surface area contributed by atoms with E-state index in [9.17, 15) is 0 Å². The first-order valence-corrected chi connectivity index (χ1v) is 6.03. The minimum Gasteiger partial charge on any atom is -0.278 e. The number of anilines is 1. The number of nitrogens with zero attached hydrogens (tertiary/aromatic N) is 1. The molecule has 0 amide bonds. The van der Waals surface area contributed by atoms with Crippen LogP contribution < -0.4 is 5.43 Å². The summed E-state index contributed by atoms with van der Waals surface area (Å²) in [5.41, 5.74) is 6.54. The zero-order valence-corrected chi connectivity index (χ0v) is 10.2. The lowest BCUT2D eigenvalue weighted by Crippen LogP contribution is -1.90. The summed E-state index contributed by atoms with van der Waals surface area (Å²) < 4.78 is 0. The third-order valence-corrected chi connectivity index (χ3v) is 3.25. The summed E-state index contributed by atoms with van der Waals surface area (Å²) in [6.07, 6.45) is 1.86. The van der Waals surface area contributed by atoms with E-state index in [-0.39, 0.29) is 0 Å². The molecule has 2 nitrogen and oxygen atoms in total. The number of aryl methyl sites for hydroxylation is 2. The summed E-state index contributed by atoms with van der Waals surface area (Å²) in [6, 6.07) is 10.3. The first-order chi connectivity index (χ1) is 7.75. The molecule has 0 aliphatic rings.